The molecule has 0 spiro atoms. The van der Waals surface area contributed by atoms with Gasteiger partial charge in [-0.2, -0.15) is 0 Å². The molecule has 0 atom stereocenters. The van der Waals surface area contributed by atoms with Gasteiger partial charge in [-0.3, -0.25) is 0 Å². The average Bonchev–Trinajstić information content (AvgIpc) is 2.47. The predicted molar refractivity (Wildman–Crippen MR) is 79.1 cm³/mol. The topological polar surface area (TPSA) is 34.6 Å². The first-order valence-corrected chi connectivity index (χ1v) is 6.50. The number of nitrogens with zero attached hydrogens (tertiary/aromatic N) is 2. The van der Waals surface area contributed by atoms with Crippen molar-refractivity contribution in [2.45, 2.75) is 0 Å². The van der Waals surface area contributed by atoms with E-state index in [2.05, 4.69) is 16.1 Å². The third-order valence-electron chi connectivity index (χ3n) is 2.87. The molecule has 0 aliphatic heterocycles. The summed E-state index contributed by atoms with van der Waals surface area (Å²) >= 11 is 0. The molecule has 0 aliphatic carbocycles. The number of benzene rings is 1. The van der Waals surface area contributed by atoms with Gasteiger partial charge >= 0.3 is 0 Å². The highest BCUT2D eigenvalue weighted by Gasteiger charge is 2.08. The van der Waals surface area contributed by atoms with E-state index < -0.39 is 0 Å². The summed E-state index contributed by atoms with van der Waals surface area (Å²) in [5.74, 6) is 1.55. The Hall–Kier alpha value is -2.07. The van der Waals surface area contributed by atoms with E-state index in [4.69, 9.17) is 9.47 Å². The van der Waals surface area contributed by atoms with Crippen LogP contribution in [0.4, 0.5) is 0 Å². The van der Waals surface area contributed by atoms with Crippen molar-refractivity contribution < 1.29 is 9.47 Å². The molecule has 0 bridgehead atoms. The van der Waals surface area contributed by atoms with Crippen molar-refractivity contribution in [1.82, 2.24) is 9.88 Å². The molecule has 1 heterocycles. The zero-order chi connectivity index (χ0) is 14.4. The molecule has 4 heteroatoms. The first-order valence-electron chi connectivity index (χ1n) is 6.50. The van der Waals surface area contributed by atoms with Gasteiger partial charge in [-0.05, 0) is 38.4 Å². The minimum absolute atomic E-state index is 0.646. The van der Waals surface area contributed by atoms with E-state index in [1.54, 1.807) is 13.2 Å². The number of hydrogen-bond acceptors (Lipinski definition) is 4. The van der Waals surface area contributed by atoms with Gasteiger partial charge in [0.25, 0.3) is 0 Å². The fraction of sp³-hybridized carbons (Fsp3) is 0.312. The molecule has 105 valence electrons. The number of methoxy groups -OCH3 is 1. The molecule has 0 fully saturated rings. The lowest BCUT2D eigenvalue weighted by atomic mass is 10.1. The van der Waals surface area contributed by atoms with E-state index in [-0.39, 0.29) is 0 Å². The molecule has 1 radical (unpaired) electrons. The van der Waals surface area contributed by atoms with Crippen molar-refractivity contribution in [1.29, 1.82) is 0 Å². The van der Waals surface area contributed by atoms with Crippen LogP contribution in [0.15, 0.2) is 36.4 Å². The summed E-state index contributed by atoms with van der Waals surface area (Å²) in [6.07, 6.45) is 2.83. The fourth-order valence-corrected chi connectivity index (χ4v) is 1.80. The minimum Gasteiger partial charge on any atom is -0.496 e. The van der Waals surface area contributed by atoms with Crippen molar-refractivity contribution in [2.24, 2.45) is 0 Å². The summed E-state index contributed by atoms with van der Waals surface area (Å²) in [6.45, 7) is 1.52. The van der Waals surface area contributed by atoms with Crippen LogP contribution in [0.5, 0.6) is 11.5 Å². The van der Waals surface area contributed by atoms with E-state index in [0.717, 1.165) is 29.3 Å². The van der Waals surface area contributed by atoms with Crippen LogP contribution in [-0.2, 0) is 0 Å². The molecular formula is C16H19N2O2. The van der Waals surface area contributed by atoms with Crippen LogP contribution in [0.3, 0.4) is 0 Å². The van der Waals surface area contributed by atoms with E-state index in [1.165, 1.54) is 0 Å². The molecule has 2 aromatic rings. The van der Waals surface area contributed by atoms with E-state index in [1.807, 2.05) is 44.4 Å². The van der Waals surface area contributed by atoms with Crippen LogP contribution < -0.4 is 9.47 Å². The summed E-state index contributed by atoms with van der Waals surface area (Å²) in [6, 6.07) is 11.4. The Labute approximate surface area is 120 Å². The summed E-state index contributed by atoms with van der Waals surface area (Å²) in [5.41, 5.74) is 1.77. The van der Waals surface area contributed by atoms with Crippen LogP contribution in [0.25, 0.3) is 11.3 Å². The van der Waals surface area contributed by atoms with Crippen LogP contribution in [0.1, 0.15) is 0 Å². The lowest BCUT2D eigenvalue weighted by Gasteiger charge is -2.13. The Kier molecular flexibility index (Phi) is 4.96. The number of pyridine rings is 1. The first kappa shape index (κ1) is 14.3. The lowest BCUT2D eigenvalue weighted by molar-refractivity contribution is 0.260. The SMILES string of the molecule is COc1cc(OCCN(C)C)ccc1-c1ccc[c]n1. The molecular weight excluding hydrogens is 252 g/mol. The number of likely N-dealkylation sites (N-methyl/N-ethyl adjacent to an activating group) is 1. The second-order valence-corrected chi connectivity index (χ2v) is 4.67. The van der Waals surface area contributed by atoms with E-state index in [9.17, 15) is 0 Å². The zero-order valence-corrected chi connectivity index (χ0v) is 12.1. The van der Waals surface area contributed by atoms with Gasteiger partial charge in [0.05, 0.1) is 19.0 Å². The van der Waals surface area contributed by atoms with Crippen molar-refractivity contribution in [3.8, 4) is 22.8 Å². The third-order valence-corrected chi connectivity index (χ3v) is 2.87. The average molecular weight is 271 g/mol. The highest BCUT2D eigenvalue weighted by atomic mass is 16.5. The standard InChI is InChI=1S/C16H19N2O2/c1-18(2)10-11-20-13-7-8-14(16(12-13)19-3)15-6-4-5-9-17-15/h4-8,12H,10-11H2,1-3H3. The maximum absolute atomic E-state index is 5.70. The molecule has 2 rings (SSSR count). The van der Waals surface area contributed by atoms with Crippen LogP contribution in [-0.4, -0.2) is 44.2 Å². The monoisotopic (exact) mass is 271 g/mol. The molecule has 0 N–H and O–H groups in total. The molecule has 0 amide bonds. The van der Waals surface area contributed by atoms with Gasteiger partial charge in [0.1, 0.15) is 18.1 Å². The Morgan fingerprint density at radius 1 is 1.25 bits per heavy atom. The van der Waals surface area contributed by atoms with Gasteiger partial charge in [0, 0.05) is 18.2 Å². The smallest absolute Gasteiger partial charge is 0.131 e. The van der Waals surface area contributed by atoms with Crippen molar-refractivity contribution in [2.75, 3.05) is 34.4 Å². The number of aromatic nitrogens is 1. The Bertz CT molecular complexity index is 541. The van der Waals surface area contributed by atoms with Crippen LogP contribution >= 0.6 is 0 Å². The van der Waals surface area contributed by atoms with Crippen LogP contribution in [0.2, 0.25) is 0 Å². The highest BCUT2D eigenvalue weighted by molar-refractivity contribution is 5.68. The van der Waals surface area contributed by atoms with Crippen LogP contribution in [0, 0.1) is 6.20 Å². The first-order chi connectivity index (χ1) is 9.70. The van der Waals surface area contributed by atoms with E-state index >= 15 is 0 Å². The minimum atomic E-state index is 0.646. The zero-order valence-electron chi connectivity index (χ0n) is 12.1. The van der Waals surface area contributed by atoms with Crippen molar-refractivity contribution in [3.05, 3.63) is 42.6 Å². The molecule has 0 unspecified atom stereocenters. The number of ether oxygens (including phenoxy) is 2. The van der Waals surface area contributed by atoms with Gasteiger partial charge < -0.3 is 14.4 Å². The maximum Gasteiger partial charge on any atom is 0.131 e. The highest BCUT2D eigenvalue weighted by Crippen LogP contribution is 2.31. The molecule has 1 aromatic carbocycles. The van der Waals surface area contributed by atoms with Gasteiger partial charge in [0.15, 0.2) is 0 Å². The van der Waals surface area contributed by atoms with Gasteiger partial charge in [0.2, 0.25) is 0 Å². The van der Waals surface area contributed by atoms with E-state index in [0.29, 0.717) is 6.61 Å². The number of hydrogen-bond donors (Lipinski definition) is 0. The van der Waals surface area contributed by atoms with Gasteiger partial charge in [-0.1, -0.05) is 6.07 Å². The Morgan fingerprint density at radius 3 is 2.75 bits per heavy atom. The molecule has 0 saturated carbocycles. The molecule has 1 aromatic heterocycles. The van der Waals surface area contributed by atoms with Crippen molar-refractivity contribution >= 4 is 0 Å². The number of rotatable bonds is 6. The maximum atomic E-state index is 5.70. The van der Waals surface area contributed by atoms with Gasteiger partial charge in [-0.25, -0.2) is 4.98 Å². The Balaban J connectivity index is 2.16. The summed E-state index contributed by atoms with van der Waals surface area (Å²) in [4.78, 5) is 6.30. The normalized spacial score (nSPS) is 10.6. The molecule has 0 aliphatic rings. The second kappa shape index (κ2) is 6.91. The van der Waals surface area contributed by atoms with Gasteiger partial charge in [-0.15, -0.1) is 0 Å². The second-order valence-electron chi connectivity index (χ2n) is 4.67. The predicted octanol–water partition coefficient (Wildman–Crippen LogP) is 2.50. The summed E-state index contributed by atoms with van der Waals surface area (Å²) in [5, 5.41) is 0. The summed E-state index contributed by atoms with van der Waals surface area (Å²) < 4.78 is 11.1. The molecule has 4 nitrogen and oxygen atoms in total. The molecule has 0 saturated heterocycles. The largest absolute Gasteiger partial charge is 0.496 e. The fourth-order valence-electron chi connectivity index (χ4n) is 1.80. The third kappa shape index (κ3) is 3.71. The summed E-state index contributed by atoms with van der Waals surface area (Å²) in [7, 11) is 5.68. The Morgan fingerprint density at radius 2 is 2.10 bits per heavy atom. The molecule has 20 heavy (non-hydrogen) atoms. The lowest BCUT2D eigenvalue weighted by Crippen LogP contribution is -2.19. The quantitative estimate of drug-likeness (QED) is 0.808. The van der Waals surface area contributed by atoms with Crippen molar-refractivity contribution in [3.63, 3.8) is 0 Å².